The fourth-order valence-corrected chi connectivity index (χ4v) is 6.76. The van der Waals surface area contributed by atoms with Crippen molar-refractivity contribution in [2.24, 2.45) is 11.8 Å². The zero-order chi connectivity index (χ0) is 28.2. The monoisotopic (exact) mass is 564 g/mol. The molecule has 5 rings (SSSR count). The number of thiazole rings is 1. The summed E-state index contributed by atoms with van der Waals surface area (Å²) in [6, 6.07) is 12.6. The molecule has 3 aromatic rings. The maximum Gasteiger partial charge on any atom is 0.284 e. The molecule has 0 unspecified atom stereocenters. The van der Waals surface area contributed by atoms with E-state index >= 15 is 0 Å². The van der Waals surface area contributed by atoms with Crippen LogP contribution in [0.15, 0.2) is 42.5 Å². The van der Waals surface area contributed by atoms with Crippen LogP contribution >= 0.6 is 11.3 Å². The van der Waals surface area contributed by atoms with E-state index in [9.17, 15) is 14.7 Å². The van der Waals surface area contributed by atoms with Crippen molar-refractivity contribution in [2.45, 2.75) is 58.1 Å². The fraction of sp³-hybridized carbons (Fsp3) is 0.516. The van der Waals surface area contributed by atoms with Crippen LogP contribution in [0.2, 0.25) is 0 Å². The van der Waals surface area contributed by atoms with Crippen LogP contribution in [0, 0.1) is 11.8 Å². The molecule has 8 nitrogen and oxygen atoms in total. The predicted octanol–water partition coefficient (Wildman–Crippen LogP) is 5.28. The van der Waals surface area contributed by atoms with Gasteiger partial charge in [0.05, 0.1) is 34.1 Å². The van der Waals surface area contributed by atoms with Crippen molar-refractivity contribution in [2.75, 3.05) is 38.6 Å². The number of rotatable bonds is 8. The van der Waals surface area contributed by atoms with E-state index in [-0.39, 0.29) is 36.5 Å². The molecule has 1 aromatic heterocycles. The molecule has 1 fully saturated rings. The van der Waals surface area contributed by atoms with Gasteiger partial charge in [-0.1, -0.05) is 44.4 Å². The van der Waals surface area contributed by atoms with Gasteiger partial charge >= 0.3 is 0 Å². The van der Waals surface area contributed by atoms with Crippen LogP contribution in [-0.2, 0) is 0 Å². The summed E-state index contributed by atoms with van der Waals surface area (Å²) in [5.74, 6) is 0.527. The van der Waals surface area contributed by atoms with Gasteiger partial charge in [-0.05, 0) is 57.0 Å². The summed E-state index contributed by atoms with van der Waals surface area (Å²) in [4.78, 5) is 35.6. The number of nitrogens with one attached hydrogen (secondary N) is 1. The Labute approximate surface area is 240 Å². The van der Waals surface area contributed by atoms with Crippen molar-refractivity contribution in [3.63, 3.8) is 0 Å². The molecule has 9 heteroatoms. The highest BCUT2D eigenvalue weighted by molar-refractivity contribution is 7.20. The van der Waals surface area contributed by atoms with Crippen LogP contribution < -0.4 is 10.1 Å². The number of amides is 2. The summed E-state index contributed by atoms with van der Waals surface area (Å²) in [6.45, 7) is 6.02. The second kappa shape index (κ2) is 12.7. The molecule has 2 N–H and O–H groups in total. The fourth-order valence-electron chi connectivity index (χ4n) is 5.90. The first-order valence-corrected chi connectivity index (χ1v) is 15.2. The molecule has 1 saturated carbocycles. The van der Waals surface area contributed by atoms with E-state index in [0.717, 1.165) is 16.8 Å². The number of hydrogen-bond acceptors (Lipinski definition) is 7. The smallest absolute Gasteiger partial charge is 0.284 e. The zero-order valence-corrected chi connectivity index (χ0v) is 24.5. The molecule has 0 saturated heterocycles. The molecule has 0 bridgehead atoms. The van der Waals surface area contributed by atoms with Crippen LogP contribution in [-0.4, -0.2) is 77.1 Å². The van der Waals surface area contributed by atoms with Crippen LogP contribution in [0.1, 0.15) is 66.1 Å². The molecule has 2 amide bonds. The molecule has 214 valence electrons. The lowest BCUT2D eigenvalue weighted by Crippen LogP contribution is -2.50. The Bertz CT molecular complexity index is 1300. The number of benzene rings is 2. The van der Waals surface area contributed by atoms with Crippen LogP contribution in [0.4, 0.5) is 5.69 Å². The number of ether oxygens (including phenoxy) is 1. The third kappa shape index (κ3) is 6.32. The molecule has 1 aliphatic heterocycles. The number of aliphatic hydroxyl groups excluding tert-OH is 1. The number of likely N-dealkylation sites (N-methyl/N-ethyl adjacent to an activating group) is 1. The van der Waals surface area contributed by atoms with Crippen LogP contribution in [0.25, 0.3) is 10.2 Å². The van der Waals surface area contributed by atoms with Crippen molar-refractivity contribution in [3.05, 3.63) is 53.0 Å². The van der Waals surface area contributed by atoms with Gasteiger partial charge in [0.25, 0.3) is 11.8 Å². The molecular weight excluding hydrogens is 524 g/mol. The summed E-state index contributed by atoms with van der Waals surface area (Å²) >= 11 is 1.33. The molecule has 0 radical (unpaired) electrons. The van der Waals surface area contributed by atoms with Gasteiger partial charge in [0, 0.05) is 25.6 Å². The van der Waals surface area contributed by atoms with Crippen molar-refractivity contribution >= 4 is 39.1 Å². The molecule has 2 heterocycles. The summed E-state index contributed by atoms with van der Waals surface area (Å²) in [5.41, 5.74) is 1.60. The number of carbonyl (C=O) groups excluding carboxylic acids is 2. The number of anilines is 1. The van der Waals surface area contributed by atoms with E-state index in [0.29, 0.717) is 41.0 Å². The summed E-state index contributed by atoms with van der Waals surface area (Å²) in [5, 5.41) is 13.3. The number of fused-ring (bicyclic) bond motifs is 2. The molecule has 1 aliphatic carbocycles. The Morgan fingerprint density at radius 3 is 2.70 bits per heavy atom. The van der Waals surface area contributed by atoms with Crippen LogP contribution in [0.5, 0.6) is 5.75 Å². The van der Waals surface area contributed by atoms with Crippen molar-refractivity contribution < 1.29 is 19.4 Å². The Balaban J connectivity index is 1.44. The molecule has 0 spiro atoms. The summed E-state index contributed by atoms with van der Waals surface area (Å²) in [6.07, 6.45) is 6.26. The lowest BCUT2D eigenvalue weighted by atomic mass is 9.89. The number of para-hydroxylation sites is 2. The highest BCUT2D eigenvalue weighted by Crippen LogP contribution is 2.36. The number of hydrogen-bond donors (Lipinski definition) is 2. The summed E-state index contributed by atoms with van der Waals surface area (Å²) < 4.78 is 7.62. The third-order valence-electron chi connectivity index (χ3n) is 8.21. The topological polar surface area (TPSA) is 95.0 Å². The van der Waals surface area contributed by atoms with Gasteiger partial charge in [-0.15, -0.1) is 11.3 Å². The average molecular weight is 565 g/mol. The Kier molecular flexibility index (Phi) is 9.03. The Morgan fingerprint density at radius 1 is 1.18 bits per heavy atom. The Hall–Kier alpha value is -3.01. The first-order chi connectivity index (χ1) is 19.3. The second-order valence-electron chi connectivity index (χ2n) is 11.5. The normalized spacial score (nSPS) is 21.0. The van der Waals surface area contributed by atoms with Gasteiger partial charge in [0.1, 0.15) is 6.10 Å². The molecule has 2 aliphatic rings. The number of aromatic nitrogens is 1. The third-order valence-corrected chi connectivity index (χ3v) is 9.25. The highest BCUT2D eigenvalue weighted by Gasteiger charge is 2.35. The van der Waals surface area contributed by atoms with Gasteiger partial charge in [0.15, 0.2) is 10.8 Å². The maximum atomic E-state index is 13.8. The number of carbonyl (C=O) groups is 2. The Morgan fingerprint density at radius 2 is 1.95 bits per heavy atom. The minimum absolute atomic E-state index is 0.00734. The van der Waals surface area contributed by atoms with Gasteiger partial charge < -0.3 is 25.0 Å². The minimum Gasteiger partial charge on any atom is -0.486 e. The van der Waals surface area contributed by atoms with Gasteiger partial charge in [-0.25, -0.2) is 4.98 Å². The first-order valence-electron chi connectivity index (χ1n) is 14.4. The minimum atomic E-state index is -0.345. The molecule has 40 heavy (non-hydrogen) atoms. The number of nitrogens with zero attached hydrogens (tertiary/aromatic N) is 3. The standard InChI is InChI=1S/C31H40N4O4S/c1-20-16-35(21(2)19-36)31(38)23-12-9-14-25(32-29(37)30-33-24-13-7-8-15-27(24)40-30)28(23)39-26(20)18-34(3)17-22-10-5-4-6-11-22/h7-9,12-15,20-22,26,36H,4-6,10-11,16-19H2,1-3H3,(H,32,37)/t20-,21-,26-/m0/s1. The predicted molar refractivity (Wildman–Crippen MR) is 159 cm³/mol. The van der Waals surface area contributed by atoms with Crippen molar-refractivity contribution in [1.82, 2.24) is 14.8 Å². The van der Waals surface area contributed by atoms with E-state index in [1.807, 2.05) is 31.2 Å². The van der Waals surface area contributed by atoms with Gasteiger partial charge in [-0.2, -0.15) is 0 Å². The van der Waals surface area contributed by atoms with Crippen molar-refractivity contribution in [3.8, 4) is 5.75 Å². The molecule has 3 atom stereocenters. The molecule has 2 aromatic carbocycles. The average Bonchev–Trinajstić information content (AvgIpc) is 3.40. The lowest BCUT2D eigenvalue weighted by Gasteiger charge is -2.39. The lowest BCUT2D eigenvalue weighted by molar-refractivity contribution is 0.0332. The van der Waals surface area contributed by atoms with Gasteiger partial charge in [-0.3, -0.25) is 9.59 Å². The van der Waals surface area contributed by atoms with E-state index in [1.54, 1.807) is 23.1 Å². The summed E-state index contributed by atoms with van der Waals surface area (Å²) in [7, 11) is 2.14. The SMILES string of the molecule is C[C@H]1CN([C@@H](C)CO)C(=O)c2cccc(NC(=O)c3nc4ccccc4s3)c2O[C@H]1CN(C)CC1CCCCC1. The quantitative estimate of drug-likeness (QED) is 0.387. The van der Waals surface area contributed by atoms with Crippen LogP contribution in [0.3, 0.4) is 0 Å². The molecular formula is C31H40N4O4S. The highest BCUT2D eigenvalue weighted by atomic mass is 32.1. The first kappa shape index (κ1) is 28.5. The van der Waals surface area contributed by atoms with Gasteiger partial charge in [0.2, 0.25) is 0 Å². The second-order valence-corrected chi connectivity index (χ2v) is 12.5. The van der Waals surface area contributed by atoms with E-state index in [1.165, 1.54) is 43.4 Å². The van der Waals surface area contributed by atoms with E-state index < -0.39 is 0 Å². The zero-order valence-electron chi connectivity index (χ0n) is 23.6. The van der Waals surface area contributed by atoms with E-state index in [4.69, 9.17) is 4.74 Å². The number of aliphatic hydroxyl groups is 1. The van der Waals surface area contributed by atoms with Crippen molar-refractivity contribution in [1.29, 1.82) is 0 Å². The largest absolute Gasteiger partial charge is 0.486 e. The van der Waals surface area contributed by atoms with E-state index in [2.05, 4.69) is 29.2 Å². The maximum absolute atomic E-state index is 13.8.